The molecule has 3 saturated heterocycles. The first kappa shape index (κ1) is 23.0. The van der Waals surface area contributed by atoms with E-state index in [9.17, 15) is 18.4 Å². The molecule has 3 aliphatic heterocycles. The number of ether oxygens (including phenoxy) is 1. The summed E-state index contributed by atoms with van der Waals surface area (Å²) >= 11 is 0. The number of fused-ring (bicyclic) bond motifs is 2. The minimum Gasteiger partial charge on any atom is -0.381 e. The molecule has 2 aromatic rings. The van der Waals surface area contributed by atoms with E-state index in [1.165, 1.54) is 6.07 Å². The Morgan fingerprint density at radius 3 is 2.47 bits per heavy atom. The standard InChI is InChI=1S/C25H30F2N4O3/c1-15(9-17-3-4-22(26)23(27)10-17)24(32)29-13-20-11-19(29)14-30(20)25(33)21-12-28-31(16(21)2)18-5-7-34-8-6-18/h3-4,10,12,15,18-20H,5-9,11,13-14H2,1-2H3/t15?,19-,20-/m0/s1. The van der Waals surface area contributed by atoms with Gasteiger partial charge in [0.1, 0.15) is 0 Å². The van der Waals surface area contributed by atoms with Crippen LogP contribution in [0.1, 0.15) is 53.8 Å². The molecule has 0 spiro atoms. The van der Waals surface area contributed by atoms with Gasteiger partial charge in [-0.1, -0.05) is 13.0 Å². The number of nitrogens with zero attached hydrogens (tertiary/aromatic N) is 4. The first-order valence-corrected chi connectivity index (χ1v) is 12.0. The second kappa shape index (κ2) is 9.09. The Morgan fingerprint density at radius 1 is 1.09 bits per heavy atom. The van der Waals surface area contributed by atoms with Crippen molar-refractivity contribution in [3.63, 3.8) is 0 Å². The predicted molar refractivity (Wildman–Crippen MR) is 120 cm³/mol. The van der Waals surface area contributed by atoms with Crippen molar-refractivity contribution < 1.29 is 23.1 Å². The molecule has 1 aromatic carbocycles. The Balaban J connectivity index is 1.22. The molecule has 2 amide bonds. The molecule has 3 fully saturated rings. The summed E-state index contributed by atoms with van der Waals surface area (Å²) in [5, 5.41) is 4.51. The third-order valence-electron chi connectivity index (χ3n) is 7.54. The van der Waals surface area contributed by atoms with Gasteiger partial charge in [0, 0.05) is 37.9 Å². The van der Waals surface area contributed by atoms with Crippen LogP contribution in [0.2, 0.25) is 0 Å². The zero-order valence-electron chi connectivity index (χ0n) is 19.5. The lowest BCUT2D eigenvalue weighted by atomic mass is 9.99. The third-order valence-corrected chi connectivity index (χ3v) is 7.54. The van der Waals surface area contributed by atoms with E-state index in [1.807, 2.05) is 28.3 Å². The lowest BCUT2D eigenvalue weighted by Gasteiger charge is -2.35. The van der Waals surface area contributed by atoms with E-state index in [0.29, 0.717) is 43.9 Å². The van der Waals surface area contributed by atoms with Crippen LogP contribution in [0.5, 0.6) is 0 Å². The van der Waals surface area contributed by atoms with Gasteiger partial charge >= 0.3 is 0 Å². The van der Waals surface area contributed by atoms with Crippen LogP contribution < -0.4 is 0 Å². The fraction of sp³-hybridized carbons (Fsp3) is 0.560. The van der Waals surface area contributed by atoms with E-state index in [1.54, 1.807) is 6.20 Å². The molecular formula is C25H30F2N4O3. The highest BCUT2D eigenvalue weighted by Gasteiger charge is 2.48. The molecule has 1 unspecified atom stereocenters. The van der Waals surface area contributed by atoms with E-state index < -0.39 is 11.6 Å². The molecule has 0 aliphatic carbocycles. The Morgan fingerprint density at radius 2 is 1.79 bits per heavy atom. The second-order valence-corrected chi connectivity index (χ2v) is 9.78. The normalized spacial score (nSPS) is 23.5. The van der Waals surface area contributed by atoms with Gasteiger partial charge in [-0.2, -0.15) is 5.10 Å². The number of carbonyl (C=O) groups is 2. The lowest BCUT2D eigenvalue weighted by Crippen LogP contribution is -2.52. The molecule has 7 nitrogen and oxygen atoms in total. The maximum absolute atomic E-state index is 13.5. The van der Waals surface area contributed by atoms with E-state index >= 15 is 0 Å². The Bertz CT molecular complexity index is 1100. The molecule has 4 heterocycles. The first-order chi connectivity index (χ1) is 16.3. The van der Waals surface area contributed by atoms with Crippen LogP contribution in [0.4, 0.5) is 8.78 Å². The van der Waals surface area contributed by atoms with E-state index in [-0.39, 0.29) is 35.9 Å². The van der Waals surface area contributed by atoms with Crippen LogP contribution in [-0.4, -0.2) is 69.8 Å². The summed E-state index contributed by atoms with van der Waals surface area (Å²) in [6, 6.07) is 3.99. The SMILES string of the molecule is Cc1c(C(=O)N2C[C@@H]3C[C@H]2CN3C(=O)C(C)Cc2ccc(F)c(F)c2)cnn1C1CCOCC1. The second-order valence-electron chi connectivity index (χ2n) is 9.78. The maximum atomic E-state index is 13.5. The quantitative estimate of drug-likeness (QED) is 0.671. The summed E-state index contributed by atoms with van der Waals surface area (Å²) in [7, 11) is 0. The van der Waals surface area contributed by atoms with Crippen LogP contribution in [0.15, 0.2) is 24.4 Å². The summed E-state index contributed by atoms with van der Waals surface area (Å²) in [5.74, 6) is -2.17. The highest BCUT2D eigenvalue weighted by atomic mass is 19.2. The van der Waals surface area contributed by atoms with Crippen molar-refractivity contribution in [2.24, 2.45) is 5.92 Å². The molecule has 3 atom stereocenters. The van der Waals surface area contributed by atoms with Crippen molar-refractivity contribution in [2.45, 2.75) is 57.7 Å². The number of aromatic nitrogens is 2. The van der Waals surface area contributed by atoms with Gasteiger partial charge in [0.2, 0.25) is 5.91 Å². The minimum absolute atomic E-state index is 0.00662. The Kier molecular flexibility index (Phi) is 6.14. The van der Waals surface area contributed by atoms with Gasteiger partial charge in [0.05, 0.1) is 29.9 Å². The highest BCUT2D eigenvalue weighted by molar-refractivity contribution is 5.96. The van der Waals surface area contributed by atoms with Crippen molar-refractivity contribution in [1.82, 2.24) is 19.6 Å². The topological polar surface area (TPSA) is 67.7 Å². The molecule has 0 N–H and O–H groups in total. The predicted octanol–water partition coefficient (Wildman–Crippen LogP) is 3.13. The fourth-order valence-corrected chi connectivity index (χ4v) is 5.66. The average molecular weight is 473 g/mol. The van der Waals surface area contributed by atoms with E-state index in [2.05, 4.69) is 5.10 Å². The lowest BCUT2D eigenvalue weighted by molar-refractivity contribution is -0.137. The van der Waals surface area contributed by atoms with Crippen LogP contribution in [0.3, 0.4) is 0 Å². The van der Waals surface area contributed by atoms with Crippen molar-refractivity contribution in [2.75, 3.05) is 26.3 Å². The van der Waals surface area contributed by atoms with Gasteiger partial charge in [-0.25, -0.2) is 8.78 Å². The third kappa shape index (κ3) is 4.10. The molecule has 182 valence electrons. The number of rotatable bonds is 5. The first-order valence-electron chi connectivity index (χ1n) is 12.0. The average Bonchev–Trinajstić information content (AvgIpc) is 3.55. The van der Waals surface area contributed by atoms with Crippen molar-refractivity contribution in [3.8, 4) is 0 Å². The number of carbonyl (C=O) groups excluding carboxylic acids is 2. The van der Waals surface area contributed by atoms with Gasteiger partial charge in [-0.15, -0.1) is 0 Å². The molecule has 0 saturated carbocycles. The van der Waals surface area contributed by atoms with Gasteiger partial charge in [0.25, 0.3) is 5.91 Å². The Hall–Kier alpha value is -2.81. The van der Waals surface area contributed by atoms with Crippen LogP contribution >= 0.6 is 0 Å². The van der Waals surface area contributed by atoms with Crippen LogP contribution in [-0.2, 0) is 16.0 Å². The van der Waals surface area contributed by atoms with Crippen molar-refractivity contribution in [1.29, 1.82) is 0 Å². The fourth-order valence-electron chi connectivity index (χ4n) is 5.66. The zero-order chi connectivity index (χ0) is 24.0. The molecule has 9 heteroatoms. The zero-order valence-corrected chi connectivity index (χ0v) is 19.5. The monoisotopic (exact) mass is 472 g/mol. The highest BCUT2D eigenvalue weighted by Crippen LogP contribution is 2.34. The number of hydrogen-bond acceptors (Lipinski definition) is 4. The molecule has 34 heavy (non-hydrogen) atoms. The van der Waals surface area contributed by atoms with Crippen LogP contribution in [0, 0.1) is 24.5 Å². The summed E-state index contributed by atoms with van der Waals surface area (Å²) in [6.07, 6.45) is 4.57. The smallest absolute Gasteiger partial charge is 0.257 e. The number of halogens is 2. The summed E-state index contributed by atoms with van der Waals surface area (Å²) in [6.45, 7) is 6.19. The van der Waals surface area contributed by atoms with Crippen molar-refractivity contribution in [3.05, 3.63) is 52.9 Å². The number of likely N-dealkylation sites (tertiary alicyclic amines) is 2. The molecule has 5 rings (SSSR count). The number of piperazine rings is 1. The maximum Gasteiger partial charge on any atom is 0.257 e. The molecule has 1 aromatic heterocycles. The molecule has 3 aliphatic rings. The number of amides is 2. The largest absolute Gasteiger partial charge is 0.381 e. The number of hydrogen-bond donors (Lipinski definition) is 0. The summed E-state index contributed by atoms with van der Waals surface area (Å²) in [4.78, 5) is 30.2. The van der Waals surface area contributed by atoms with Crippen molar-refractivity contribution >= 4 is 11.8 Å². The number of benzene rings is 1. The van der Waals surface area contributed by atoms with Gasteiger partial charge < -0.3 is 14.5 Å². The molecule has 0 radical (unpaired) electrons. The summed E-state index contributed by atoms with van der Waals surface area (Å²) < 4.78 is 34.1. The molecular weight excluding hydrogens is 442 g/mol. The van der Waals surface area contributed by atoms with Gasteiger partial charge in [-0.3, -0.25) is 14.3 Å². The van der Waals surface area contributed by atoms with Gasteiger partial charge in [-0.05, 0) is 50.3 Å². The van der Waals surface area contributed by atoms with Crippen LogP contribution in [0.25, 0.3) is 0 Å². The van der Waals surface area contributed by atoms with Gasteiger partial charge in [0.15, 0.2) is 11.6 Å². The Labute approximate surface area is 197 Å². The van der Waals surface area contributed by atoms with E-state index in [0.717, 1.165) is 37.1 Å². The molecule has 2 bridgehead atoms. The summed E-state index contributed by atoms with van der Waals surface area (Å²) in [5.41, 5.74) is 2.11. The van der Waals surface area contributed by atoms with E-state index in [4.69, 9.17) is 4.74 Å². The minimum atomic E-state index is -0.901.